The SMILES string of the molecule is COc1cc(-c2cnn([C@H]3CCN(C#N)C3)c2C)cn2ncc(C#N)c12. The first-order valence-corrected chi connectivity index (χ1v) is 8.31. The molecule has 1 fully saturated rings. The monoisotopic (exact) mass is 347 g/mol. The number of ether oxygens (including phenoxy) is 1. The largest absolute Gasteiger partial charge is 0.494 e. The van der Waals surface area contributed by atoms with Crippen LogP contribution in [-0.2, 0) is 0 Å². The molecule has 8 nitrogen and oxygen atoms in total. The number of hydrogen-bond acceptors (Lipinski definition) is 6. The van der Waals surface area contributed by atoms with Crippen LogP contribution in [0.4, 0.5) is 0 Å². The molecule has 0 saturated carbocycles. The van der Waals surface area contributed by atoms with Gasteiger partial charge in [-0.1, -0.05) is 0 Å². The molecule has 8 heteroatoms. The van der Waals surface area contributed by atoms with Crippen molar-refractivity contribution in [2.45, 2.75) is 19.4 Å². The van der Waals surface area contributed by atoms with Gasteiger partial charge in [0.2, 0.25) is 0 Å². The number of aromatic nitrogens is 4. The Morgan fingerprint density at radius 1 is 1.27 bits per heavy atom. The van der Waals surface area contributed by atoms with Crippen LogP contribution in [0, 0.1) is 29.7 Å². The van der Waals surface area contributed by atoms with Crippen molar-refractivity contribution >= 4 is 5.52 Å². The van der Waals surface area contributed by atoms with Gasteiger partial charge < -0.3 is 9.64 Å². The molecule has 26 heavy (non-hydrogen) atoms. The first-order chi connectivity index (χ1) is 12.7. The zero-order valence-corrected chi connectivity index (χ0v) is 14.5. The summed E-state index contributed by atoms with van der Waals surface area (Å²) in [4.78, 5) is 1.76. The zero-order valence-electron chi connectivity index (χ0n) is 14.5. The maximum Gasteiger partial charge on any atom is 0.179 e. The third-order valence-corrected chi connectivity index (χ3v) is 4.92. The Morgan fingerprint density at radius 2 is 2.12 bits per heavy atom. The van der Waals surface area contributed by atoms with Crippen molar-refractivity contribution in [2.24, 2.45) is 0 Å². The number of likely N-dealkylation sites (tertiary alicyclic amines) is 1. The highest BCUT2D eigenvalue weighted by Crippen LogP contribution is 2.33. The highest BCUT2D eigenvalue weighted by Gasteiger charge is 2.26. The second kappa shape index (κ2) is 6.08. The maximum atomic E-state index is 9.24. The van der Waals surface area contributed by atoms with Crippen LogP contribution in [0.1, 0.15) is 23.7 Å². The number of hydrogen-bond donors (Lipinski definition) is 0. The standard InChI is InChI=1S/C18H17N7O/c1-12-16(8-22-25(12)15-3-4-23(10-15)11-20)13-5-17(26-2)18-14(6-19)7-21-24(18)9-13/h5,7-9,15H,3-4,10H2,1-2H3/t15-/m0/s1. The normalized spacial score (nSPS) is 16.6. The molecule has 0 amide bonds. The van der Waals surface area contributed by atoms with Crippen LogP contribution in [0.25, 0.3) is 16.6 Å². The van der Waals surface area contributed by atoms with Crippen molar-refractivity contribution in [3.05, 3.63) is 35.9 Å². The molecule has 0 N–H and O–H groups in total. The van der Waals surface area contributed by atoms with Crippen molar-refractivity contribution in [3.8, 4) is 29.1 Å². The van der Waals surface area contributed by atoms with Crippen LogP contribution in [0.3, 0.4) is 0 Å². The van der Waals surface area contributed by atoms with Gasteiger partial charge in [0.25, 0.3) is 0 Å². The van der Waals surface area contributed by atoms with Gasteiger partial charge in [-0.2, -0.15) is 20.7 Å². The van der Waals surface area contributed by atoms with Crippen LogP contribution in [0.15, 0.2) is 24.7 Å². The van der Waals surface area contributed by atoms with Crippen LogP contribution in [0.5, 0.6) is 5.75 Å². The molecule has 3 aromatic rings. The smallest absolute Gasteiger partial charge is 0.179 e. The van der Waals surface area contributed by atoms with Gasteiger partial charge in [0, 0.05) is 29.6 Å². The van der Waals surface area contributed by atoms with E-state index in [0.717, 1.165) is 29.8 Å². The van der Waals surface area contributed by atoms with Gasteiger partial charge in [-0.3, -0.25) is 4.68 Å². The molecule has 4 heterocycles. The summed E-state index contributed by atoms with van der Waals surface area (Å²) in [6, 6.07) is 4.24. The van der Waals surface area contributed by atoms with E-state index >= 15 is 0 Å². The number of pyridine rings is 1. The average Bonchev–Trinajstić information content (AvgIpc) is 3.38. The van der Waals surface area contributed by atoms with Gasteiger partial charge in [0.05, 0.1) is 32.1 Å². The predicted octanol–water partition coefficient (Wildman–Crippen LogP) is 2.11. The molecule has 0 spiro atoms. The highest BCUT2D eigenvalue weighted by atomic mass is 16.5. The number of rotatable bonds is 3. The quantitative estimate of drug-likeness (QED) is 0.674. The molecule has 0 radical (unpaired) electrons. The van der Waals surface area contributed by atoms with Crippen molar-refractivity contribution in [2.75, 3.05) is 20.2 Å². The second-order valence-electron chi connectivity index (χ2n) is 6.34. The lowest BCUT2D eigenvalue weighted by Gasteiger charge is -2.13. The summed E-state index contributed by atoms with van der Waals surface area (Å²) >= 11 is 0. The number of methoxy groups -OCH3 is 1. The average molecular weight is 347 g/mol. The molecule has 0 bridgehead atoms. The topological polar surface area (TPSA) is 95.2 Å². The second-order valence-corrected chi connectivity index (χ2v) is 6.34. The minimum Gasteiger partial charge on any atom is -0.494 e. The molecule has 0 aliphatic carbocycles. The molecular weight excluding hydrogens is 330 g/mol. The van der Waals surface area contributed by atoms with Gasteiger partial charge in [0.15, 0.2) is 6.19 Å². The number of nitriles is 2. The van der Waals surface area contributed by atoms with Gasteiger partial charge in [-0.25, -0.2) is 4.52 Å². The lowest BCUT2D eigenvalue weighted by Crippen LogP contribution is -2.17. The lowest BCUT2D eigenvalue weighted by atomic mass is 10.1. The first-order valence-electron chi connectivity index (χ1n) is 8.31. The van der Waals surface area contributed by atoms with E-state index in [-0.39, 0.29) is 6.04 Å². The third-order valence-electron chi connectivity index (χ3n) is 4.92. The van der Waals surface area contributed by atoms with Crippen LogP contribution >= 0.6 is 0 Å². The summed E-state index contributed by atoms with van der Waals surface area (Å²) in [5, 5.41) is 27.1. The summed E-state index contributed by atoms with van der Waals surface area (Å²) in [7, 11) is 1.58. The number of fused-ring (bicyclic) bond motifs is 1. The van der Waals surface area contributed by atoms with Gasteiger partial charge in [0.1, 0.15) is 22.9 Å². The summed E-state index contributed by atoms with van der Waals surface area (Å²) in [6.07, 6.45) is 8.35. The molecule has 1 atom stereocenters. The molecule has 1 aliphatic heterocycles. The summed E-state index contributed by atoms with van der Waals surface area (Å²) < 4.78 is 9.14. The van der Waals surface area contributed by atoms with Crippen molar-refractivity contribution in [1.29, 1.82) is 10.5 Å². The molecular formula is C18H17N7O. The van der Waals surface area contributed by atoms with E-state index < -0.39 is 0 Å². The zero-order chi connectivity index (χ0) is 18.3. The van der Waals surface area contributed by atoms with Gasteiger partial charge in [-0.15, -0.1) is 0 Å². The lowest BCUT2D eigenvalue weighted by molar-refractivity contribution is 0.417. The first kappa shape index (κ1) is 16.0. The predicted molar refractivity (Wildman–Crippen MR) is 93.3 cm³/mol. The highest BCUT2D eigenvalue weighted by molar-refractivity contribution is 5.75. The van der Waals surface area contributed by atoms with E-state index in [1.54, 1.807) is 16.5 Å². The molecule has 1 saturated heterocycles. The molecule has 3 aromatic heterocycles. The Hall–Kier alpha value is -3.52. The van der Waals surface area contributed by atoms with Crippen molar-refractivity contribution in [1.82, 2.24) is 24.3 Å². The van der Waals surface area contributed by atoms with Gasteiger partial charge in [-0.05, 0) is 19.4 Å². The molecule has 0 unspecified atom stereocenters. The van der Waals surface area contributed by atoms with E-state index in [4.69, 9.17) is 10.00 Å². The van der Waals surface area contributed by atoms with Crippen LogP contribution in [-0.4, -0.2) is 44.5 Å². The van der Waals surface area contributed by atoms with Crippen LogP contribution in [0.2, 0.25) is 0 Å². The molecule has 130 valence electrons. The maximum absolute atomic E-state index is 9.24. The Morgan fingerprint density at radius 3 is 2.81 bits per heavy atom. The fourth-order valence-corrected chi connectivity index (χ4v) is 3.58. The third kappa shape index (κ3) is 2.35. The molecule has 0 aromatic carbocycles. The minimum absolute atomic E-state index is 0.198. The summed E-state index contributed by atoms with van der Waals surface area (Å²) in [5.74, 6) is 0.597. The van der Waals surface area contributed by atoms with E-state index in [1.807, 2.05) is 30.1 Å². The van der Waals surface area contributed by atoms with E-state index in [2.05, 4.69) is 22.5 Å². The van der Waals surface area contributed by atoms with E-state index in [9.17, 15) is 5.26 Å². The molecule has 1 aliphatic rings. The fourth-order valence-electron chi connectivity index (χ4n) is 3.58. The minimum atomic E-state index is 0.198. The Kier molecular flexibility index (Phi) is 3.74. The Balaban J connectivity index is 1.77. The van der Waals surface area contributed by atoms with E-state index in [0.29, 0.717) is 23.4 Å². The van der Waals surface area contributed by atoms with Crippen molar-refractivity contribution < 1.29 is 4.74 Å². The Labute approximate surface area is 150 Å². The van der Waals surface area contributed by atoms with Crippen LogP contribution < -0.4 is 4.74 Å². The van der Waals surface area contributed by atoms with E-state index in [1.165, 1.54) is 6.20 Å². The number of nitrogens with zero attached hydrogens (tertiary/aromatic N) is 7. The summed E-state index contributed by atoms with van der Waals surface area (Å²) in [5.41, 5.74) is 4.06. The van der Waals surface area contributed by atoms with Gasteiger partial charge >= 0.3 is 0 Å². The molecule has 4 rings (SSSR count). The summed E-state index contributed by atoms with van der Waals surface area (Å²) in [6.45, 7) is 3.48. The van der Waals surface area contributed by atoms with Crippen molar-refractivity contribution in [3.63, 3.8) is 0 Å². The Bertz CT molecular complexity index is 1070. The fraction of sp³-hybridized carbons (Fsp3) is 0.333.